The van der Waals surface area contributed by atoms with Crippen LogP contribution < -0.4 is 5.32 Å². The summed E-state index contributed by atoms with van der Waals surface area (Å²) in [4.78, 5) is 20.0. The molecule has 0 spiro atoms. The molecule has 0 aliphatic carbocycles. The lowest BCUT2D eigenvalue weighted by Gasteiger charge is -2.05. The zero-order chi connectivity index (χ0) is 17.1. The van der Waals surface area contributed by atoms with Crippen LogP contribution in [0.2, 0.25) is 5.02 Å². The maximum Gasteiger partial charge on any atom is 0.224 e. The zero-order valence-corrected chi connectivity index (χ0v) is 14.5. The standard InChI is InChI=1S/C19H20ClN3O/c1-12(2)19-22-16-9-3-13(11-17(16)23-19)4-10-18(24)21-15-7-5-14(20)6-8-15/h3,5-9,11-12H,4,10H2,1-2H3,(H,21,24)(H,22,23). The fourth-order valence-corrected chi connectivity index (χ4v) is 2.65. The zero-order valence-electron chi connectivity index (χ0n) is 13.8. The maximum absolute atomic E-state index is 12.1. The van der Waals surface area contributed by atoms with E-state index in [9.17, 15) is 4.79 Å². The van der Waals surface area contributed by atoms with Gasteiger partial charge in [-0.2, -0.15) is 0 Å². The Bertz CT molecular complexity index is 853. The molecule has 0 bridgehead atoms. The SMILES string of the molecule is CC(C)c1nc2ccc(CCC(=O)Nc3ccc(Cl)cc3)cc2[nH]1. The molecule has 0 fully saturated rings. The number of aromatic amines is 1. The van der Waals surface area contributed by atoms with Gasteiger partial charge in [0.25, 0.3) is 0 Å². The minimum absolute atomic E-state index is 0.00935. The molecule has 1 aromatic heterocycles. The Balaban J connectivity index is 1.62. The highest BCUT2D eigenvalue weighted by Crippen LogP contribution is 2.19. The summed E-state index contributed by atoms with van der Waals surface area (Å²) in [7, 11) is 0. The van der Waals surface area contributed by atoms with Crippen LogP contribution in [-0.4, -0.2) is 15.9 Å². The number of benzene rings is 2. The predicted molar refractivity (Wildman–Crippen MR) is 98.6 cm³/mol. The first kappa shape index (κ1) is 16.5. The highest BCUT2D eigenvalue weighted by molar-refractivity contribution is 6.30. The number of hydrogen-bond acceptors (Lipinski definition) is 2. The van der Waals surface area contributed by atoms with Gasteiger partial charge in [0.1, 0.15) is 5.82 Å². The summed E-state index contributed by atoms with van der Waals surface area (Å²) in [5, 5.41) is 3.53. The van der Waals surface area contributed by atoms with E-state index in [0.29, 0.717) is 23.8 Å². The highest BCUT2D eigenvalue weighted by atomic mass is 35.5. The van der Waals surface area contributed by atoms with Crippen molar-refractivity contribution in [1.82, 2.24) is 9.97 Å². The molecule has 3 rings (SSSR count). The van der Waals surface area contributed by atoms with E-state index >= 15 is 0 Å². The second-order valence-electron chi connectivity index (χ2n) is 6.18. The Morgan fingerprint density at radius 2 is 1.96 bits per heavy atom. The van der Waals surface area contributed by atoms with Crippen LogP contribution in [0.1, 0.15) is 37.6 Å². The number of imidazole rings is 1. The monoisotopic (exact) mass is 341 g/mol. The van der Waals surface area contributed by atoms with Crippen molar-refractivity contribution in [1.29, 1.82) is 0 Å². The third kappa shape index (κ3) is 3.95. The van der Waals surface area contributed by atoms with E-state index in [1.54, 1.807) is 24.3 Å². The quantitative estimate of drug-likeness (QED) is 0.692. The Hall–Kier alpha value is -2.33. The summed E-state index contributed by atoms with van der Waals surface area (Å²) in [6, 6.07) is 13.2. The van der Waals surface area contributed by atoms with Gasteiger partial charge >= 0.3 is 0 Å². The van der Waals surface area contributed by atoms with Gasteiger partial charge in [0.05, 0.1) is 11.0 Å². The number of nitrogens with zero attached hydrogens (tertiary/aromatic N) is 1. The molecule has 0 saturated heterocycles. The molecule has 5 heteroatoms. The fraction of sp³-hybridized carbons (Fsp3) is 0.263. The summed E-state index contributed by atoms with van der Waals surface area (Å²) in [5.74, 6) is 1.35. The summed E-state index contributed by atoms with van der Waals surface area (Å²) >= 11 is 5.84. The molecule has 2 N–H and O–H groups in total. The van der Waals surface area contributed by atoms with E-state index in [2.05, 4.69) is 35.2 Å². The van der Waals surface area contributed by atoms with E-state index in [1.165, 1.54) is 0 Å². The Labute approximate surface area is 146 Å². The van der Waals surface area contributed by atoms with Gasteiger partial charge in [0.2, 0.25) is 5.91 Å². The molecule has 0 saturated carbocycles. The van der Waals surface area contributed by atoms with Gasteiger partial charge < -0.3 is 10.3 Å². The lowest BCUT2D eigenvalue weighted by Crippen LogP contribution is -2.12. The first-order valence-electron chi connectivity index (χ1n) is 8.05. The van der Waals surface area contributed by atoms with Crippen LogP contribution in [0.15, 0.2) is 42.5 Å². The number of carbonyl (C=O) groups excluding carboxylic acids is 1. The lowest BCUT2D eigenvalue weighted by atomic mass is 10.1. The van der Waals surface area contributed by atoms with Crippen molar-refractivity contribution in [2.75, 3.05) is 5.32 Å². The molecule has 2 aromatic carbocycles. The normalized spacial score (nSPS) is 11.2. The number of anilines is 1. The summed E-state index contributed by atoms with van der Waals surface area (Å²) in [5.41, 5.74) is 3.87. The Kier molecular flexibility index (Phi) is 4.86. The van der Waals surface area contributed by atoms with Crippen molar-refractivity contribution in [3.63, 3.8) is 0 Å². The van der Waals surface area contributed by atoms with Gasteiger partial charge in [-0.05, 0) is 48.4 Å². The van der Waals surface area contributed by atoms with Crippen molar-refractivity contribution in [3.8, 4) is 0 Å². The Morgan fingerprint density at radius 1 is 1.21 bits per heavy atom. The Morgan fingerprint density at radius 3 is 2.67 bits per heavy atom. The van der Waals surface area contributed by atoms with Crippen molar-refractivity contribution in [3.05, 3.63) is 58.9 Å². The third-order valence-corrected chi connectivity index (χ3v) is 4.13. The molecule has 0 aliphatic rings. The summed E-state index contributed by atoms with van der Waals surface area (Å²) in [6.45, 7) is 4.22. The second kappa shape index (κ2) is 7.05. The van der Waals surface area contributed by atoms with Gasteiger partial charge in [0.15, 0.2) is 0 Å². The van der Waals surface area contributed by atoms with E-state index in [0.717, 1.165) is 28.1 Å². The van der Waals surface area contributed by atoms with Crippen molar-refractivity contribution in [2.45, 2.75) is 32.6 Å². The van der Waals surface area contributed by atoms with Gasteiger partial charge in [0, 0.05) is 23.0 Å². The van der Waals surface area contributed by atoms with Crippen LogP contribution in [0.5, 0.6) is 0 Å². The molecule has 3 aromatic rings. The highest BCUT2D eigenvalue weighted by Gasteiger charge is 2.08. The first-order valence-corrected chi connectivity index (χ1v) is 8.43. The average molecular weight is 342 g/mol. The molecule has 24 heavy (non-hydrogen) atoms. The molecule has 0 atom stereocenters. The summed E-state index contributed by atoms with van der Waals surface area (Å²) < 4.78 is 0. The van der Waals surface area contributed by atoms with Crippen LogP contribution in [-0.2, 0) is 11.2 Å². The largest absolute Gasteiger partial charge is 0.342 e. The van der Waals surface area contributed by atoms with Crippen molar-refractivity contribution in [2.24, 2.45) is 0 Å². The van der Waals surface area contributed by atoms with Gasteiger partial charge in [-0.15, -0.1) is 0 Å². The average Bonchev–Trinajstić information content (AvgIpc) is 2.99. The van der Waals surface area contributed by atoms with Crippen LogP contribution in [0.3, 0.4) is 0 Å². The van der Waals surface area contributed by atoms with Crippen LogP contribution in [0, 0.1) is 0 Å². The number of rotatable bonds is 5. The van der Waals surface area contributed by atoms with Gasteiger partial charge in [-0.25, -0.2) is 4.98 Å². The molecule has 0 radical (unpaired) electrons. The number of hydrogen-bond donors (Lipinski definition) is 2. The van der Waals surface area contributed by atoms with Crippen molar-refractivity contribution < 1.29 is 4.79 Å². The topological polar surface area (TPSA) is 57.8 Å². The molecule has 124 valence electrons. The molecule has 4 nitrogen and oxygen atoms in total. The molecular weight excluding hydrogens is 322 g/mol. The number of fused-ring (bicyclic) bond motifs is 1. The van der Waals surface area contributed by atoms with Gasteiger partial charge in [-0.1, -0.05) is 31.5 Å². The van der Waals surface area contributed by atoms with Crippen LogP contribution in [0.4, 0.5) is 5.69 Å². The van der Waals surface area contributed by atoms with Crippen LogP contribution in [0.25, 0.3) is 11.0 Å². The number of halogens is 1. The van der Waals surface area contributed by atoms with Gasteiger partial charge in [-0.3, -0.25) is 4.79 Å². The number of aryl methyl sites for hydroxylation is 1. The molecule has 1 heterocycles. The fourth-order valence-electron chi connectivity index (χ4n) is 2.52. The molecule has 0 unspecified atom stereocenters. The predicted octanol–water partition coefficient (Wildman–Crippen LogP) is 4.91. The third-order valence-electron chi connectivity index (χ3n) is 3.88. The van der Waals surface area contributed by atoms with Crippen LogP contribution >= 0.6 is 11.6 Å². The smallest absolute Gasteiger partial charge is 0.224 e. The summed E-state index contributed by atoms with van der Waals surface area (Å²) in [6.07, 6.45) is 1.12. The van der Waals surface area contributed by atoms with E-state index < -0.39 is 0 Å². The van der Waals surface area contributed by atoms with E-state index in [-0.39, 0.29) is 5.91 Å². The molecule has 0 aliphatic heterocycles. The minimum atomic E-state index is -0.00935. The number of carbonyl (C=O) groups is 1. The van der Waals surface area contributed by atoms with E-state index in [1.807, 2.05) is 12.1 Å². The number of H-pyrrole nitrogens is 1. The number of nitrogens with one attached hydrogen (secondary N) is 2. The second-order valence-corrected chi connectivity index (χ2v) is 6.62. The lowest BCUT2D eigenvalue weighted by molar-refractivity contribution is -0.116. The number of amides is 1. The molecule has 1 amide bonds. The molecular formula is C19H20ClN3O. The van der Waals surface area contributed by atoms with E-state index in [4.69, 9.17) is 11.6 Å². The number of aromatic nitrogens is 2. The maximum atomic E-state index is 12.1. The van der Waals surface area contributed by atoms with Crippen molar-refractivity contribution >= 4 is 34.2 Å². The minimum Gasteiger partial charge on any atom is -0.342 e. The first-order chi connectivity index (χ1) is 11.5.